The van der Waals surface area contributed by atoms with Gasteiger partial charge in [0.15, 0.2) is 6.10 Å². The Morgan fingerprint density at radius 3 is 2.71 bits per heavy atom. The average Bonchev–Trinajstić information content (AvgIpc) is 3.14. The number of benzene rings is 1. The lowest BCUT2D eigenvalue weighted by Gasteiger charge is -2.12. The molecule has 6 nitrogen and oxygen atoms in total. The molecule has 0 bridgehead atoms. The fourth-order valence-electron chi connectivity index (χ4n) is 3.06. The highest BCUT2D eigenvalue weighted by atomic mass is 16.5. The van der Waals surface area contributed by atoms with Crippen LogP contribution in [-0.2, 0) is 20.9 Å². The second-order valence-corrected chi connectivity index (χ2v) is 6.65. The van der Waals surface area contributed by atoms with Crippen molar-refractivity contribution in [3.05, 3.63) is 30.5 Å². The maximum absolute atomic E-state index is 12.2. The molecule has 1 fully saturated rings. The summed E-state index contributed by atoms with van der Waals surface area (Å²) in [6, 6.07) is 7.80. The van der Waals surface area contributed by atoms with Crippen LogP contribution in [0.3, 0.4) is 0 Å². The first-order chi connectivity index (χ1) is 11.4. The normalized spacial score (nSPS) is 20.6. The van der Waals surface area contributed by atoms with Crippen molar-refractivity contribution in [2.75, 3.05) is 5.32 Å². The van der Waals surface area contributed by atoms with Gasteiger partial charge in [-0.25, -0.2) is 4.79 Å². The van der Waals surface area contributed by atoms with Gasteiger partial charge in [0.2, 0.25) is 0 Å². The molecule has 1 aliphatic rings. The summed E-state index contributed by atoms with van der Waals surface area (Å²) in [5.74, 6) is -0.750. The predicted octanol–water partition coefficient (Wildman–Crippen LogP) is 2.87. The molecule has 24 heavy (non-hydrogen) atoms. The van der Waals surface area contributed by atoms with E-state index in [9.17, 15) is 9.59 Å². The number of hydrogen-bond acceptors (Lipinski definition) is 3. The molecule has 0 unspecified atom stereocenters. The summed E-state index contributed by atoms with van der Waals surface area (Å²) >= 11 is 0. The molecule has 1 aliphatic heterocycles. The van der Waals surface area contributed by atoms with Crippen molar-refractivity contribution in [3.63, 3.8) is 0 Å². The van der Waals surface area contributed by atoms with Crippen LogP contribution in [0.2, 0.25) is 0 Å². The SMILES string of the molecule is CC(C)Cn1ccc2cc(NC(=O)[C@@H]3CC[C@H](C(=O)O)O3)ccc21. The minimum atomic E-state index is -1.02. The van der Waals surface area contributed by atoms with Crippen LogP contribution in [0.15, 0.2) is 30.5 Å². The number of carbonyl (C=O) groups excluding carboxylic acids is 1. The number of carboxylic acid groups (broad SMARTS) is 1. The number of amides is 1. The molecule has 0 radical (unpaired) electrons. The lowest BCUT2D eigenvalue weighted by atomic mass is 10.1. The Hall–Kier alpha value is -2.34. The van der Waals surface area contributed by atoms with E-state index in [4.69, 9.17) is 9.84 Å². The number of anilines is 1. The van der Waals surface area contributed by atoms with Crippen LogP contribution >= 0.6 is 0 Å². The van der Waals surface area contributed by atoms with Gasteiger partial charge in [0.05, 0.1) is 0 Å². The molecule has 3 rings (SSSR count). The third kappa shape index (κ3) is 3.43. The van der Waals surface area contributed by atoms with E-state index in [1.807, 2.05) is 30.5 Å². The summed E-state index contributed by atoms with van der Waals surface area (Å²) in [5.41, 5.74) is 1.82. The van der Waals surface area contributed by atoms with Gasteiger partial charge >= 0.3 is 5.97 Å². The van der Waals surface area contributed by atoms with Gasteiger partial charge in [-0.3, -0.25) is 4.79 Å². The van der Waals surface area contributed by atoms with Crippen molar-refractivity contribution in [3.8, 4) is 0 Å². The minimum absolute atomic E-state index is 0.292. The molecule has 2 heterocycles. The number of aliphatic carboxylic acids is 1. The van der Waals surface area contributed by atoms with Crippen LogP contribution in [0.1, 0.15) is 26.7 Å². The van der Waals surface area contributed by atoms with E-state index < -0.39 is 18.2 Å². The number of fused-ring (bicyclic) bond motifs is 1. The van der Waals surface area contributed by atoms with Crippen LogP contribution in [0.4, 0.5) is 5.69 Å². The largest absolute Gasteiger partial charge is 0.479 e. The maximum atomic E-state index is 12.2. The molecule has 1 aromatic carbocycles. The zero-order chi connectivity index (χ0) is 17.3. The molecule has 1 amide bonds. The Bertz CT molecular complexity index is 765. The number of nitrogens with zero attached hydrogens (tertiary/aromatic N) is 1. The van der Waals surface area contributed by atoms with Crippen molar-refractivity contribution < 1.29 is 19.4 Å². The fraction of sp³-hybridized carbons (Fsp3) is 0.444. The molecule has 128 valence electrons. The predicted molar refractivity (Wildman–Crippen MR) is 90.9 cm³/mol. The molecule has 2 aromatic rings. The van der Waals surface area contributed by atoms with Gasteiger partial charge in [-0.1, -0.05) is 13.8 Å². The standard InChI is InChI=1S/C18H22N2O4/c1-11(2)10-20-8-7-12-9-13(3-4-14(12)20)19-17(21)15-5-6-16(24-15)18(22)23/h3-4,7-9,11,15-16H,5-6,10H2,1-2H3,(H,19,21)(H,22,23)/t15-,16+/m0/s1. The van der Waals surface area contributed by atoms with Crippen LogP contribution in [0.25, 0.3) is 10.9 Å². The van der Waals surface area contributed by atoms with Gasteiger partial charge in [-0.15, -0.1) is 0 Å². The summed E-state index contributed by atoms with van der Waals surface area (Å²) in [6.07, 6.45) is 1.26. The Morgan fingerprint density at radius 2 is 2.04 bits per heavy atom. The van der Waals surface area contributed by atoms with Crippen molar-refractivity contribution in [2.45, 2.75) is 45.4 Å². The van der Waals surface area contributed by atoms with Gasteiger partial charge < -0.3 is 19.7 Å². The number of aromatic nitrogens is 1. The number of carbonyl (C=O) groups is 2. The van der Waals surface area contributed by atoms with E-state index in [1.165, 1.54) is 0 Å². The zero-order valence-electron chi connectivity index (χ0n) is 13.9. The quantitative estimate of drug-likeness (QED) is 0.883. The van der Waals surface area contributed by atoms with Gasteiger partial charge in [-0.05, 0) is 43.0 Å². The first-order valence-electron chi connectivity index (χ1n) is 8.22. The first-order valence-corrected chi connectivity index (χ1v) is 8.22. The van der Waals surface area contributed by atoms with Gasteiger partial charge in [0.25, 0.3) is 5.91 Å². The van der Waals surface area contributed by atoms with Crippen molar-refractivity contribution in [1.82, 2.24) is 4.57 Å². The summed E-state index contributed by atoms with van der Waals surface area (Å²) < 4.78 is 7.47. The van der Waals surface area contributed by atoms with Crippen LogP contribution in [-0.4, -0.2) is 33.8 Å². The molecule has 2 N–H and O–H groups in total. The Labute approximate surface area is 140 Å². The van der Waals surface area contributed by atoms with E-state index in [1.54, 1.807) is 0 Å². The average molecular weight is 330 g/mol. The molecule has 1 saturated heterocycles. The minimum Gasteiger partial charge on any atom is -0.479 e. The van der Waals surface area contributed by atoms with Gasteiger partial charge in [-0.2, -0.15) is 0 Å². The third-order valence-corrected chi connectivity index (χ3v) is 4.19. The van der Waals surface area contributed by atoms with E-state index in [0.29, 0.717) is 24.4 Å². The van der Waals surface area contributed by atoms with Gasteiger partial charge in [0, 0.05) is 29.3 Å². The van der Waals surface area contributed by atoms with Crippen molar-refractivity contribution in [2.24, 2.45) is 5.92 Å². The molecule has 0 aliphatic carbocycles. The lowest BCUT2D eigenvalue weighted by molar-refractivity contribution is -0.150. The zero-order valence-corrected chi connectivity index (χ0v) is 13.9. The van der Waals surface area contributed by atoms with E-state index >= 15 is 0 Å². The van der Waals surface area contributed by atoms with Crippen LogP contribution in [0, 0.1) is 5.92 Å². The molecule has 0 spiro atoms. The lowest BCUT2D eigenvalue weighted by Crippen LogP contribution is -2.29. The van der Waals surface area contributed by atoms with Crippen LogP contribution < -0.4 is 5.32 Å². The van der Waals surface area contributed by atoms with Crippen LogP contribution in [0.5, 0.6) is 0 Å². The van der Waals surface area contributed by atoms with Crippen molar-refractivity contribution >= 4 is 28.5 Å². The fourth-order valence-corrected chi connectivity index (χ4v) is 3.06. The topological polar surface area (TPSA) is 80.6 Å². The smallest absolute Gasteiger partial charge is 0.332 e. The number of carboxylic acids is 1. The highest BCUT2D eigenvalue weighted by molar-refractivity contribution is 5.96. The number of hydrogen-bond donors (Lipinski definition) is 2. The Kier molecular flexibility index (Phi) is 4.57. The first kappa shape index (κ1) is 16.5. The van der Waals surface area contributed by atoms with E-state index in [-0.39, 0.29) is 5.91 Å². The number of ether oxygens (including phenoxy) is 1. The highest BCUT2D eigenvalue weighted by Gasteiger charge is 2.34. The third-order valence-electron chi connectivity index (χ3n) is 4.19. The van der Waals surface area contributed by atoms with Crippen molar-refractivity contribution in [1.29, 1.82) is 0 Å². The molecule has 1 aromatic heterocycles. The maximum Gasteiger partial charge on any atom is 0.332 e. The molecular weight excluding hydrogens is 308 g/mol. The molecule has 6 heteroatoms. The summed E-state index contributed by atoms with van der Waals surface area (Å²) in [7, 11) is 0. The molecule has 0 saturated carbocycles. The highest BCUT2D eigenvalue weighted by Crippen LogP contribution is 2.24. The Morgan fingerprint density at radius 1 is 1.29 bits per heavy atom. The van der Waals surface area contributed by atoms with E-state index in [0.717, 1.165) is 17.4 Å². The number of nitrogens with one attached hydrogen (secondary N) is 1. The molecule has 2 atom stereocenters. The monoisotopic (exact) mass is 330 g/mol. The molecular formula is C18H22N2O4. The second kappa shape index (κ2) is 6.65. The number of rotatable bonds is 5. The second-order valence-electron chi connectivity index (χ2n) is 6.65. The summed E-state index contributed by atoms with van der Waals surface area (Å²) in [5, 5.41) is 12.8. The summed E-state index contributed by atoms with van der Waals surface area (Å²) in [4.78, 5) is 23.1. The summed E-state index contributed by atoms with van der Waals surface area (Å²) in [6.45, 7) is 5.29. The van der Waals surface area contributed by atoms with Gasteiger partial charge in [0.1, 0.15) is 6.10 Å². The van der Waals surface area contributed by atoms with E-state index in [2.05, 4.69) is 23.7 Å². The Balaban J connectivity index is 1.69.